The number of nitriles is 1. The average molecular weight is 259 g/mol. The SMILES string of the molecule is Cc1ccc(Nc2cccc3ccncc23)c(C#N)c1. The highest BCUT2D eigenvalue weighted by atomic mass is 14.9. The average Bonchev–Trinajstić information content (AvgIpc) is 2.49. The monoisotopic (exact) mass is 259 g/mol. The Morgan fingerprint density at radius 1 is 1.10 bits per heavy atom. The summed E-state index contributed by atoms with van der Waals surface area (Å²) in [4.78, 5) is 4.17. The van der Waals surface area contributed by atoms with Crippen LogP contribution in [0.15, 0.2) is 54.9 Å². The number of aryl methyl sites for hydroxylation is 1. The van der Waals surface area contributed by atoms with Crippen molar-refractivity contribution in [3.8, 4) is 6.07 Å². The van der Waals surface area contributed by atoms with Gasteiger partial charge in [-0.25, -0.2) is 0 Å². The summed E-state index contributed by atoms with van der Waals surface area (Å²) in [6.07, 6.45) is 3.61. The van der Waals surface area contributed by atoms with Gasteiger partial charge in [0.05, 0.1) is 11.3 Å². The van der Waals surface area contributed by atoms with Gasteiger partial charge in [-0.15, -0.1) is 0 Å². The predicted molar refractivity (Wildman–Crippen MR) is 80.9 cm³/mol. The molecule has 0 saturated heterocycles. The fourth-order valence-corrected chi connectivity index (χ4v) is 2.23. The summed E-state index contributed by atoms with van der Waals surface area (Å²) in [6, 6.07) is 16.0. The number of aromatic nitrogens is 1. The van der Waals surface area contributed by atoms with Crippen molar-refractivity contribution in [3.63, 3.8) is 0 Å². The molecule has 0 aliphatic carbocycles. The highest BCUT2D eigenvalue weighted by molar-refractivity contribution is 5.95. The van der Waals surface area contributed by atoms with Gasteiger partial charge in [-0.2, -0.15) is 5.26 Å². The minimum atomic E-state index is 0.644. The number of rotatable bonds is 2. The van der Waals surface area contributed by atoms with Crippen LogP contribution in [0.25, 0.3) is 10.8 Å². The van der Waals surface area contributed by atoms with Gasteiger partial charge >= 0.3 is 0 Å². The van der Waals surface area contributed by atoms with E-state index in [0.717, 1.165) is 27.7 Å². The molecule has 96 valence electrons. The molecule has 2 aromatic carbocycles. The van der Waals surface area contributed by atoms with Crippen molar-refractivity contribution >= 4 is 22.1 Å². The molecule has 0 atom stereocenters. The van der Waals surface area contributed by atoms with Crippen molar-refractivity contribution in [2.24, 2.45) is 0 Å². The Kier molecular flexibility index (Phi) is 3.06. The van der Waals surface area contributed by atoms with Crippen molar-refractivity contribution in [2.45, 2.75) is 6.92 Å². The lowest BCUT2D eigenvalue weighted by atomic mass is 10.1. The Balaban J connectivity index is 2.08. The molecule has 0 amide bonds. The van der Waals surface area contributed by atoms with Crippen LogP contribution in [0.1, 0.15) is 11.1 Å². The molecular formula is C17H13N3. The molecule has 3 rings (SSSR count). The van der Waals surface area contributed by atoms with Gasteiger partial charge in [0.1, 0.15) is 6.07 Å². The molecule has 1 heterocycles. The molecular weight excluding hydrogens is 246 g/mol. The van der Waals surface area contributed by atoms with E-state index in [2.05, 4.69) is 16.4 Å². The first kappa shape index (κ1) is 12.2. The summed E-state index contributed by atoms with van der Waals surface area (Å²) in [5.74, 6) is 0. The zero-order chi connectivity index (χ0) is 13.9. The number of anilines is 2. The van der Waals surface area contributed by atoms with E-state index >= 15 is 0 Å². The van der Waals surface area contributed by atoms with E-state index in [-0.39, 0.29) is 0 Å². The molecule has 0 aliphatic heterocycles. The minimum absolute atomic E-state index is 0.644. The molecule has 0 fully saturated rings. The molecule has 3 aromatic rings. The van der Waals surface area contributed by atoms with E-state index in [9.17, 15) is 5.26 Å². The topological polar surface area (TPSA) is 48.7 Å². The van der Waals surface area contributed by atoms with Crippen LogP contribution in [-0.4, -0.2) is 4.98 Å². The summed E-state index contributed by atoms with van der Waals surface area (Å²) in [5, 5.41) is 14.7. The van der Waals surface area contributed by atoms with Gasteiger partial charge in [0.25, 0.3) is 0 Å². The lowest BCUT2D eigenvalue weighted by molar-refractivity contribution is 1.36. The van der Waals surface area contributed by atoms with Gasteiger partial charge in [0.15, 0.2) is 0 Å². The van der Waals surface area contributed by atoms with Gasteiger partial charge in [0.2, 0.25) is 0 Å². The van der Waals surface area contributed by atoms with Crippen molar-refractivity contribution in [1.29, 1.82) is 5.26 Å². The van der Waals surface area contributed by atoms with Crippen molar-refractivity contribution < 1.29 is 0 Å². The molecule has 0 unspecified atom stereocenters. The van der Waals surface area contributed by atoms with E-state index in [1.54, 1.807) is 6.20 Å². The zero-order valence-electron chi connectivity index (χ0n) is 11.1. The maximum atomic E-state index is 9.23. The Labute approximate surface area is 117 Å². The summed E-state index contributed by atoms with van der Waals surface area (Å²) in [7, 11) is 0. The van der Waals surface area contributed by atoms with Gasteiger partial charge in [-0.3, -0.25) is 4.98 Å². The fourth-order valence-electron chi connectivity index (χ4n) is 2.23. The van der Waals surface area contributed by atoms with Crippen molar-refractivity contribution in [2.75, 3.05) is 5.32 Å². The number of benzene rings is 2. The van der Waals surface area contributed by atoms with Crippen molar-refractivity contribution in [1.82, 2.24) is 4.98 Å². The van der Waals surface area contributed by atoms with Gasteiger partial charge < -0.3 is 5.32 Å². The van der Waals surface area contributed by atoms with Gasteiger partial charge in [-0.1, -0.05) is 18.2 Å². The second-order valence-corrected chi connectivity index (χ2v) is 4.69. The molecule has 0 radical (unpaired) electrons. The minimum Gasteiger partial charge on any atom is -0.354 e. The summed E-state index contributed by atoms with van der Waals surface area (Å²) < 4.78 is 0. The second-order valence-electron chi connectivity index (χ2n) is 4.69. The van der Waals surface area contributed by atoms with E-state index in [1.807, 2.05) is 55.6 Å². The smallest absolute Gasteiger partial charge is 0.101 e. The van der Waals surface area contributed by atoms with E-state index in [4.69, 9.17) is 0 Å². The van der Waals surface area contributed by atoms with Crippen LogP contribution < -0.4 is 5.32 Å². The van der Waals surface area contributed by atoms with Crippen LogP contribution in [0.4, 0.5) is 11.4 Å². The molecule has 0 saturated carbocycles. The van der Waals surface area contributed by atoms with Crippen molar-refractivity contribution in [3.05, 3.63) is 66.0 Å². The molecule has 1 N–H and O–H groups in total. The van der Waals surface area contributed by atoms with Crippen LogP contribution >= 0.6 is 0 Å². The third-order valence-electron chi connectivity index (χ3n) is 3.25. The Bertz CT molecular complexity index is 811. The normalized spacial score (nSPS) is 10.2. The molecule has 3 heteroatoms. The molecule has 3 nitrogen and oxygen atoms in total. The Morgan fingerprint density at radius 3 is 2.85 bits per heavy atom. The number of nitrogens with zero attached hydrogens (tertiary/aromatic N) is 2. The lowest BCUT2D eigenvalue weighted by Gasteiger charge is -2.11. The largest absolute Gasteiger partial charge is 0.354 e. The first-order valence-corrected chi connectivity index (χ1v) is 6.38. The molecule has 1 aromatic heterocycles. The van der Waals surface area contributed by atoms with Gasteiger partial charge in [0, 0.05) is 23.5 Å². The van der Waals surface area contributed by atoms with E-state index in [1.165, 1.54) is 0 Å². The molecule has 0 bridgehead atoms. The highest BCUT2D eigenvalue weighted by Gasteiger charge is 2.05. The number of fused-ring (bicyclic) bond motifs is 1. The third kappa shape index (κ3) is 2.19. The highest BCUT2D eigenvalue weighted by Crippen LogP contribution is 2.27. The number of hydrogen-bond acceptors (Lipinski definition) is 3. The maximum Gasteiger partial charge on any atom is 0.101 e. The predicted octanol–water partition coefficient (Wildman–Crippen LogP) is 4.16. The standard InChI is InChI=1S/C17H13N3/c1-12-5-6-16(14(9-12)10-18)20-17-4-2-3-13-7-8-19-11-15(13)17/h2-9,11,20H,1H3. The van der Waals surface area contributed by atoms with Crippen LogP contribution in [0.3, 0.4) is 0 Å². The number of hydrogen-bond donors (Lipinski definition) is 1. The number of nitrogens with one attached hydrogen (secondary N) is 1. The fraction of sp³-hybridized carbons (Fsp3) is 0.0588. The molecule has 20 heavy (non-hydrogen) atoms. The zero-order valence-corrected chi connectivity index (χ0v) is 11.1. The first-order chi connectivity index (χ1) is 9.78. The van der Waals surface area contributed by atoms with Crippen LogP contribution in [-0.2, 0) is 0 Å². The molecule has 0 spiro atoms. The van der Waals surface area contributed by atoms with Gasteiger partial charge in [-0.05, 0) is 42.1 Å². The maximum absolute atomic E-state index is 9.23. The second kappa shape index (κ2) is 5.02. The summed E-state index contributed by atoms with van der Waals surface area (Å²) >= 11 is 0. The third-order valence-corrected chi connectivity index (χ3v) is 3.25. The molecule has 0 aliphatic rings. The number of pyridine rings is 1. The van der Waals surface area contributed by atoms with E-state index in [0.29, 0.717) is 5.56 Å². The van der Waals surface area contributed by atoms with E-state index < -0.39 is 0 Å². The van der Waals surface area contributed by atoms with Crippen LogP contribution in [0, 0.1) is 18.3 Å². The first-order valence-electron chi connectivity index (χ1n) is 6.38. The summed E-state index contributed by atoms with van der Waals surface area (Å²) in [5.41, 5.74) is 3.49. The Hall–Kier alpha value is -2.86. The van der Waals surface area contributed by atoms with Crippen LogP contribution in [0.5, 0.6) is 0 Å². The lowest BCUT2D eigenvalue weighted by Crippen LogP contribution is -1.95. The van der Waals surface area contributed by atoms with Crippen LogP contribution in [0.2, 0.25) is 0 Å². The quantitative estimate of drug-likeness (QED) is 0.751. The summed E-state index contributed by atoms with van der Waals surface area (Å²) in [6.45, 7) is 1.98. The Morgan fingerprint density at radius 2 is 2.00 bits per heavy atom.